The van der Waals surface area contributed by atoms with Crippen molar-refractivity contribution >= 4 is 39.8 Å². The number of rotatable bonds is 11. The highest BCUT2D eigenvalue weighted by atomic mass is 15.1. The molecule has 0 aliphatic rings. The molecule has 0 saturated carbocycles. The van der Waals surface area contributed by atoms with Gasteiger partial charge in [-0.15, -0.1) is 0 Å². The highest BCUT2D eigenvalue weighted by Gasteiger charge is 2.19. The first kappa shape index (κ1) is 40.1. The van der Waals surface area contributed by atoms with Crippen LogP contribution in [0.3, 0.4) is 0 Å². The van der Waals surface area contributed by atoms with Gasteiger partial charge in [0.25, 0.3) is 0 Å². The Bertz CT molecular complexity index is 3260. The minimum atomic E-state index is 0.923. The number of benzene rings is 9. The van der Waals surface area contributed by atoms with Crippen LogP contribution in [0.15, 0.2) is 261 Å². The Morgan fingerprint density at radius 3 is 0.970 bits per heavy atom. The average molecular weight is 847 g/mol. The van der Waals surface area contributed by atoms with Gasteiger partial charge in [0, 0.05) is 51.4 Å². The molecular formula is C62H46N4. The van der Waals surface area contributed by atoms with Gasteiger partial charge in [-0.2, -0.15) is 0 Å². The second kappa shape index (κ2) is 17.8. The van der Waals surface area contributed by atoms with Gasteiger partial charge < -0.3 is 9.80 Å². The van der Waals surface area contributed by atoms with Crippen LogP contribution in [0.25, 0.3) is 61.5 Å². The number of imidazole rings is 1. The minimum Gasteiger partial charge on any atom is -0.311 e. The molecule has 0 aliphatic heterocycles. The van der Waals surface area contributed by atoms with Crippen LogP contribution >= 0.6 is 0 Å². The zero-order valence-corrected chi connectivity index (χ0v) is 36.6. The molecule has 2 heterocycles. The smallest absolute Gasteiger partial charge is 0.137 e. The number of aromatic nitrogens is 2. The maximum Gasteiger partial charge on any atom is 0.137 e. The summed E-state index contributed by atoms with van der Waals surface area (Å²) < 4.78 is 2.18. The topological polar surface area (TPSA) is 23.8 Å². The number of nitrogens with zero attached hydrogens (tertiary/aromatic N) is 4. The van der Waals surface area contributed by atoms with Gasteiger partial charge in [0.05, 0.1) is 11.4 Å². The Kier molecular flexibility index (Phi) is 10.8. The summed E-state index contributed by atoms with van der Waals surface area (Å²) >= 11 is 0. The molecule has 0 N–H and O–H groups in total. The molecule has 2 aromatic heterocycles. The maximum absolute atomic E-state index is 5.12. The first-order valence-corrected chi connectivity index (χ1v) is 22.4. The fourth-order valence-corrected chi connectivity index (χ4v) is 8.90. The SMILES string of the molecule is Cc1ccc(N(c2ccc(-c3ccc(N(c4ccc(-c5ccccc5)cc4)c4ccc(-c5ccccc5)cc4)cc3)cc2)c2ccc(-c3nc4ccccn4c3-c3ccccc3)cc2)cc1. The second-order valence-electron chi connectivity index (χ2n) is 16.6. The van der Waals surface area contributed by atoms with E-state index in [4.69, 9.17) is 4.98 Å². The number of hydrogen-bond acceptors (Lipinski definition) is 3. The third-order valence-corrected chi connectivity index (χ3v) is 12.3. The molecule has 4 heteroatoms. The van der Waals surface area contributed by atoms with Crippen LogP contribution in [0.1, 0.15) is 5.56 Å². The summed E-state index contributed by atoms with van der Waals surface area (Å²) in [6.45, 7) is 2.13. The van der Waals surface area contributed by atoms with Gasteiger partial charge in [-0.05, 0) is 125 Å². The van der Waals surface area contributed by atoms with E-state index in [2.05, 4.69) is 276 Å². The normalized spacial score (nSPS) is 11.1. The molecule has 66 heavy (non-hydrogen) atoms. The number of fused-ring (bicyclic) bond motifs is 1. The van der Waals surface area contributed by atoms with Crippen molar-refractivity contribution in [3.05, 3.63) is 267 Å². The van der Waals surface area contributed by atoms with Crippen LogP contribution in [0.2, 0.25) is 0 Å². The Labute approximate surface area is 386 Å². The molecule has 11 rings (SSSR count). The van der Waals surface area contributed by atoms with Crippen LogP contribution in [-0.4, -0.2) is 9.38 Å². The zero-order valence-electron chi connectivity index (χ0n) is 36.6. The van der Waals surface area contributed by atoms with Crippen molar-refractivity contribution in [3.63, 3.8) is 0 Å². The largest absolute Gasteiger partial charge is 0.311 e. The second-order valence-corrected chi connectivity index (χ2v) is 16.6. The van der Waals surface area contributed by atoms with Crippen molar-refractivity contribution < 1.29 is 0 Å². The number of anilines is 6. The third kappa shape index (κ3) is 8.04. The van der Waals surface area contributed by atoms with E-state index >= 15 is 0 Å². The van der Waals surface area contributed by atoms with Crippen LogP contribution in [-0.2, 0) is 0 Å². The molecule has 4 nitrogen and oxygen atoms in total. The lowest BCUT2D eigenvalue weighted by Gasteiger charge is -2.26. The molecule has 0 fully saturated rings. The van der Waals surface area contributed by atoms with Crippen molar-refractivity contribution in [3.8, 4) is 55.9 Å². The fraction of sp³-hybridized carbons (Fsp3) is 0.0161. The summed E-state index contributed by atoms with van der Waals surface area (Å²) in [6.07, 6.45) is 2.09. The molecule has 9 aromatic carbocycles. The summed E-state index contributed by atoms with van der Waals surface area (Å²) in [5.41, 5.74) is 20.0. The van der Waals surface area contributed by atoms with Crippen LogP contribution in [0.4, 0.5) is 34.1 Å². The van der Waals surface area contributed by atoms with E-state index in [1.807, 2.05) is 6.07 Å². The summed E-state index contributed by atoms with van der Waals surface area (Å²) in [6, 6.07) is 90.8. The Morgan fingerprint density at radius 2 is 0.591 bits per heavy atom. The van der Waals surface area contributed by atoms with E-state index in [1.165, 1.54) is 27.8 Å². The van der Waals surface area contributed by atoms with Crippen LogP contribution in [0.5, 0.6) is 0 Å². The van der Waals surface area contributed by atoms with Gasteiger partial charge in [0.2, 0.25) is 0 Å². The lowest BCUT2D eigenvalue weighted by molar-refractivity contribution is 1.19. The molecule has 0 aliphatic carbocycles. The average Bonchev–Trinajstić information content (AvgIpc) is 3.79. The molecule has 0 radical (unpaired) electrons. The predicted octanol–water partition coefficient (Wildman–Crippen LogP) is 16.9. The Morgan fingerprint density at radius 1 is 0.288 bits per heavy atom. The molecular weight excluding hydrogens is 801 g/mol. The summed E-state index contributed by atoms with van der Waals surface area (Å²) in [5.74, 6) is 0. The maximum atomic E-state index is 5.12. The molecule has 11 aromatic rings. The summed E-state index contributed by atoms with van der Waals surface area (Å²) in [4.78, 5) is 9.77. The van der Waals surface area contributed by atoms with E-state index in [-0.39, 0.29) is 0 Å². The number of pyridine rings is 1. The standard InChI is InChI=1S/C62H46N4/c1-45-20-32-54(33-21-45)65(59-42-30-52(31-43-59)61-62(53-17-9-4-10-18-53)64-44-12-11-19-60(64)63-61)55-38-26-50(27-39-55)51-28-40-58(41-29-51)66(56-34-22-48(23-35-56)46-13-5-2-6-14-46)57-36-24-49(25-37-57)47-15-7-3-8-16-47/h2-44H,1H3. The minimum absolute atomic E-state index is 0.923. The van der Waals surface area contributed by atoms with Gasteiger partial charge in [0.1, 0.15) is 5.65 Å². The lowest BCUT2D eigenvalue weighted by atomic mass is 10.0. The lowest BCUT2D eigenvalue weighted by Crippen LogP contribution is -2.10. The molecule has 0 spiro atoms. The van der Waals surface area contributed by atoms with Crippen molar-refractivity contribution in [2.24, 2.45) is 0 Å². The molecule has 0 atom stereocenters. The predicted molar refractivity (Wildman–Crippen MR) is 276 cm³/mol. The van der Waals surface area contributed by atoms with Gasteiger partial charge in [0.15, 0.2) is 0 Å². The summed E-state index contributed by atoms with van der Waals surface area (Å²) in [7, 11) is 0. The first-order chi connectivity index (χ1) is 32.6. The van der Waals surface area contributed by atoms with Crippen molar-refractivity contribution in [1.29, 1.82) is 0 Å². The van der Waals surface area contributed by atoms with Gasteiger partial charge in [-0.1, -0.05) is 175 Å². The quantitative estimate of drug-likeness (QED) is 0.130. The van der Waals surface area contributed by atoms with Gasteiger partial charge in [-0.3, -0.25) is 4.40 Å². The van der Waals surface area contributed by atoms with Crippen LogP contribution in [0, 0.1) is 6.92 Å². The zero-order chi connectivity index (χ0) is 44.2. The van der Waals surface area contributed by atoms with E-state index in [0.717, 1.165) is 73.4 Å². The number of hydrogen-bond donors (Lipinski definition) is 0. The highest BCUT2D eigenvalue weighted by molar-refractivity contribution is 5.86. The summed E-state index contributed by atoms with van der Waals surface area (Å²) in [5, 5.41) is 0. The van der Waals surface area contributed by atoms with E-state index in [9.17, 15) is 0 Å². The Hall–Kier alpha value is -8.73. The number of aryl methyl sites for hydroxylation is 1. The highest BCUT2D eigenvalue weighted by Crippen LogP contribution is 2.41. The third-order valence-electron chi connectivity index (χ3n) is 12.3. The van der Waals surface area contributed by atoms with Crippen LogP contribution < -0.4 is 9.80 Å². The molecule has 0 saturated heterocycles. The van der Waals surface area contributed by atoms with E-state index < -0.39 is 0 Å². The molecule has 0 unspecified atom stereocenters. The van der Waals surface area contributed by atoms with Crippen molar-refractivity contribution in [2.45, 2.75) is 6.92 Å². The van der Waals surface area contributed by atoms with E-state index in [0.29, 0.717) is 0 Å². The monoisotopic (exact) mass is 846 g/mol. The van der Waals surface area contributed by atoms with Crippen molar-refractivity contribution in [1.82, 2.24) is 9.38 Å². The van der Waals surface area contributed by atoms with Gasteiger partial charge in [-0.25, -0.2) is 4.98 Å². The fourth-order valence-electron chi connectivity index (χ4n) is 8.90. The first-order valence-electron chi connectivity index (χ1n) is 22.4. The molecule has 0 amide bonds. The Balaban J connectivity index is 0.902. The van der Waals surface area contributed by atoms with Gasteiger partial charge >= 0.3 is 0 Å². The molecule has 0 bridgehead atoms. The molecule has 314 valence electrons. The van der Waals surface area contributed by atoms with Crippen molar-refractivity contribution in [2.75, 3.05) is 9.80 Å². The van der Waals surface area contributed by atoms with E-state index in [1.54, 1.807) is 0 Å².